The van der Waals surface area contributed by atoms with Crippen LogP contribution in [0.2, 0.25) is 0 Å². The third kappa shape index (κ3) is 2.29. The Kier molecular flexibility index (Phi) is 3.13. The lowest BCUT2D eigenvalue weighted by atomic mass is 9.89. The Morgan fingerprint density at radius 1 is 1.14 bits per heavy atom. The molecule has 14 heavy (non-hydrogen) atoms. The van der Waals surface area contributed by atoms with Crippen LogP contribution in [0.25, 0.3) is 0 Å². The summed E-state index contributed by atoms with van der Waals surface area (Å²) < 4.78 is 0. The summed E-state index contributed by atoms with van der Waals surface area (Å²) in [7, 11) is 0. The molecule has 1 unspecified atom stereocenters. The van der Waals surface area contributed by atoms with Crippen LogP contribution in [0.3, 0.4) is 0 Å². The summed E-state index contributed by atoms with van der Waals surface area (Å²) >= 11 is 0. The Balaban J connectivity index is 1.86. The van der Waals surface area contributed by atoms with Crippen LogP contribution in [-0.4, -0.2) is 18.1 Å². The van der Waals surface area contributed by atoms with Gasteiger partial charge in [-0.2, -0.15) is 0 Å². The quantitative estimate of drug-likeness (QED) is 0.722. The lowest BCUT2D eigenvalue weighted by molar-refractivity contribution is 0.243. The first-order valence-electron chi connectivity index (χ1n) is 6.22. The average Bonchev–Trinajstić information content (AvgIpc) is 3.03. The minimum absolute atomic E-state index is 0.238. The van der Waals surface area contributed by atoms with E-state index in [-0.39, 0.29) is 5.54 Å². The number of nitrogens with two attached hydrogens (primary N) is 1. The van der Waals surface area contributed by atoms with Gasteiger partial charge in [-0.3, -0.25) is 0 Å². The molecule has 1 atom stereocenters. The van der Waals surface area contributed by atoms with Gasteiger partial charge in [0.2, 0.25) is 0 Å². The minimum Gasteiger partial charge on any atom is -0.329 e. The second-order valence-corrected chi connectivity index (χ2v) is 5.38. The summed E-state index contributed by atoms with van der Waals surface area (Å²) in [5, 5.41) is 3.82. The molecule has 2 heteroatoms. The molecule has 2 rings (SSSR count). The minimum atomic E-state index is 0.238. The van der Waals surface area contributed by atoms with Crippen LogP contribution in [0.15, 0.2) is 0 Å². The molecule has 0 saturated heterocycles. The van der Waals surface area contributed by atoms with Gasteiger partial charge in [0.15, 0.2) is 0 Å². The third-order valence-electron chi connectivity index (χ3n) is 4.04. The SMILES string of the molecule is CC(CN)(NC1CCCCC1)C1CC1. The predicted molar refractivity (Wildman–Crippen MR) is 60.2 cm³/mol. The van der Waals surface area contributed by atoms with Gasteiger partial charge in [-0.15, -0.1) is 0 Å². The number of rotatable bonds is 4. The summed E-state index contributed by atoms with van der Waals surface area (Å²) in [5.41, 5.74) is 6.14. The molecule has 0 heterocycles. The van der Waals surface area contributed by atoms with Gasteiger partial charge in [-0.05, 0) is 38.5 Å². The highest BCUT2D eigenvalue weighted by molar-refractivity contribution is 5.00. The van der Waals surface area contributed by atoms with Crippen molar-refractivity contribution < 1.29 is 0 Å². The molecule has 0 spiro atoms. The van der Waals surface area contributed by atoms with E-state index < -0.39 is 0 Å². The molecule has 2 saturated carbocycles. The van der Waals surface area contributed by atoms with Crippen LogP contribution in [0.4, 0.5) is 0 Å². The first-order chi connectivity index (χ1) is 6.74. The van der Waals surface area contributed by atoms with E-state index in [1.165, 1.54) is 44.9 Å². The molecular weight excluding hydrogens is 172 g/mol. The molecule has 2 aliphatic rings. The van der Waals surface area contributed by atoms with Crippen molar-refractivity contribution in [2.45, 2.75) is 63.5 Å². The zero-order valence-corrected chi connectivity index (χ0v) is 9.39. The van der Waals surface area contributed by atoms with Gasteiger partial charge in [-0.1, -0.05) is 19.3 Å². The zero-order valence-electron chi connectivity index (χ0n) is 9.39. The van der Waals surface area contributed by atoms with Crippen molar-refractivity contribution in [3.8, 4) is 0 Å². The fourth-order valence-corrected chi connectivity index (χ4v) is 2.78. The first-order valence-corrected chi connectivity index (χ1v) is 6.22. The maximum Gasteiger partial charge on any atom is 0.0306 e. The molecule has 0 bridgehead atoms. The molecular formula is C12H24N2. The number of nitrogens with one attached hydrogen (secondary N) is 1. The molecule has 0 radical (unpaired) electrons. The second-order valence-electron chi connectivity index (χ2n) is 5.38. The molecule has 0 aromatic heterocycles. The van der Waals surface area contributed by atoms with Gasteiger partial charge in [0.1, 0.15) is 0 Å². The molecule has 0 aromatic carbocycles. The molecule has 3 N–H and O–H groups in total. The molecule has 0 aromatic rings. The van der Waals surface area contributed by atoms with E-state index in [0.29, 0.717) is 0 Å². The van der Waals surface area contributed by atoms with Crippen LogP contribution < -0.4 is 11.1 Å². The maximum atomic E-state index is 5.90. The van der Waals surface area contributed by atoms with Crippen LogP contribution in [0, 0.1) is 5.92 Å². The Hall–Kier alpha value is -0.0800. The summed E-state index contributed by atoms with van der Waals surface area (Å²) in [6, 6.07) is 0.748. The fraction of sp³-hybridized carbons (Fsp3) is 1.00. The van der Waals surface area contributed by atoms with Gasteiger partial charge in [0.05, 0.1) is 0 Å². The topological polar surface area (TPSA) is 38.0 Å². The highest BCUT2D eigenvalue weighted by Crippen LogP contribution is 2.39. The summed E-state index contributed by atoms with van der Waals surface area (Å²) in [4.78, 5) is 0. The van der Waals surface area contributed by atoms with E-state index in [9.17, 15) is 0 Å². The lowest BCUT2D eigenvalue weighted by Crippen LogP contribution is -2.55. The Bertz CT molecular complexity index is 183. The summed E-state index contributed by atoms with van der Waals surface area (Å²) in [6.07, 6.45) is 9.73. The van der Waals surface area contributed by atoms with Crippen LogP contribution >= 0.6 is 0 Å². The van der Waals surface area contributed by atoms with Crippen molar-refractivity contribution in [2.75, 3.05) is 6.54 Å². The average molecular weight is 196 g/mol. The molecule has 0 amide bonds. The Morgan fingerprint density at radius 3 is 2.29 bits per heavy atom. The monoisotopic (exact) mass is 196 g/mol. The standard InChI is InChI=1S/C12H24N2/c1-12(9-13,10-7-8-10)14-11-5-3-2-4-6-11/h10-11,14H,2-9,13H2,1H3. The third-order valence-corrected chi connectivity index (χ3v) is 4.04. The summed E-state index contributed by atoms with van der Waals surface area (Å²) in [6.45, 7) is 3.12. The first kappa shape index (κ1) is 10.4. The zero-order chi connectivity index (χ0) is 10.0. The summed E-state index contributed by atoms with van der Waals surface area (Å²) in [5.74, 6) is 0.856. The lowest BCUT2D eigenvalue weighted by Gasteiger charge is -2.36. The van der Waals surface area contributed by atoms with Crippen LogP contribution in [0.1, 0.15) is 51.9 Å². The van der Waals surface area contributed by atoms with Crippen LogP contribution in [-0.2, 0) is 0 Å². The molecule has 2 aliphatic carbocycles. The number of hydrogen-bond donors (Lipinski definition) is 2. The van der Waals surface area contributed by atoms with Crippen molar-refractivity contribution in [1.82, 2.24) is 5.32 Å². The molecule has 0 aliphatic heterocycles. The van der Waals surface area contributed by atoms with E-state index in [4.69, 9.17) is 5.73 Å². The van der Waals surface area contributed by atoms with Gasteiger partial charge >= 0.3 is 0 Å². The van der Waals surface area contributed by atoms with E-state index in [1.807, 2.05) is 0 Å². The van der Waals surface area contributed by atoms with Gasteiger partial charge in [0.25, 0.3) is 0 Å². The predicted octanol–water partition coefficient (Wildman–Crippen LogP) is 2.04. The fourth-order valence-electron chi connectivity index (χ4n) is 2.78. The van der Waals surface area contributed by atoms with Crippen molar-refractivity contribution in [3.63, 3.8) is 0 Å². The normalized spacial score (nSPS) is 28.7. The van der Waals surface area contributed by atoms with Crippen molar-refractivity contribution in [3.05, 3.63) is 0 Å². The van der Waals surface area contributed by atoms with Crippen molar-refractivity contribution in [2.24, 2.45) is 11.7 Å². The second kappa shape index (κ2) is 4.19. The van der Waals surface area contributed by atoms with E-state index in [2.05, 4.69) is 12.2 Å². The highest BCUT2D eigenvalue weighted by atomic mass is 15.0. The van der Waals surface area contributed by atoms with E-state index >= 15 is 0 Å². The molecule has 82 valence electrons. The van der Waals surface area contributed by atoms with E-state index in [0.717, 1.165) is 18.5 Å². The van der Waals surface area contributed by atoms with Gasteiger partial charge in [-0.25, -0.2) is 0 Å². The van der Waals surface area contributed by atoms with Crippen molar-refractivity contribution in [1.29, 1.82) is 0 Å². The maximum absolute atomic E-state index is 5.90. The largest absolute Gasteiger partial charge is 0.329 e. The van der Waals surface area contributed by atoms with Crippen LogP contribution in [0.5, 0.6) is 0 Å². The molecule has 2 nitrogen and oxygen atoms in total. The number of hydrogen-bond acceptors (Lipinski definition) is 2. The Morgan fingerprint density at radius 2 is 1.79 bits per heavy atom. The van der Waals surface area contributed by atoms with E-state index in [1.54, 1.807) is 0 Å². The Labute approximate surface area is 87.6 Å². The van der Waals surface area contributed by atoms with Crippen molar-refractivity contribution >= 4 is 0 Å². The smallest absolute Gasteiger partial charge is 0.0306 e. The van der Waals surface area contributed by atoms with Gasteiger partial charge < -0.3 is 11.1 Å². The highest BCUT2D eigenvalue weighted by Gasteiger charge is 2.41. The molecule has 2 fully saturated rings. The van der Waals surface area contributed by atoms with Gasteiger partial charge in [0, 0.05) is 18.1 Å².